The van der Waals surface area contributed by atoms with E-state index in [4.69, 9.17) is 0 Å². The van der Waals surface area contributed by atoms with E-state index in [0.717, 1.165) is 27.9 Å². The normalized spacial score (nSPS) is 10.7. The van der Waals surface area contributed by atoms with Crippen LogP contribution < -0.4 is 10.2 Å². The zero-order chi connectivity index (χ0) is 17.3. The van der Waals surface area contributed by atoms with E-state index in [9.17, 15) is 4.79 Å². The minimum atomic E-state index is -0.108. The molecule has 0 spiro atoms. The van der Waals surface area contributed by atoms with Crippen LogP contribution in [0.5, 0.6) is 0 Å². The number of carbonyl (C=O) groups excluding carboxylic acids is 1. The summed E-state index contributed by atoms with van der Waals surface area (Å²) in [6.07, 6.45) is 1.77. The third-order valence-corrected chi connectivity index (χ3v) is 4.68. The molecule has 0 bridgehead atoms. The molecule has 0 aliphatic heterocycles. The van der Waals surface area contributed by atoms with Gasteiger partial charge in [-0.1, -0.05) is 0 Å². The van der Waals surface area contributed by atoms with E-state index < -0.39 is 0 Å². The number of nitrogens with one attached hydrogen (secondary N) is 1. The van der Waals surface area contributed by atoms with Gasteiger partial charge >= 0.3 is 0 Å². The lowest BCUT2D eigenvalue weighted by Crippen LogP contribution is -2.13. The van der Waals surface area contributed by atoms with E-state index in [1.54, 1.807) is 17.5 Å². The Kier molecular flexibility index (Phi) is 4.40. The Morgan fingerprint density at radius 3 is 2.50 bits per heavy atom. The molecule has 1 amide bonds. The molecule has 2 aromatic heterocycles. The second kappa shape index (κ2) is 6.49. The van der Waals surface area contributed by atoms with Crippen molar-refractivity contribution in [1.82, 2.24) is 9.55 Å². The van der Waals surface area contributed by atoms with Crippen LogP contribution in [0.15, 0.2) is 41.9 Å². The third kappa shape index (κ3) is 3.05. The smallest absolute Gasteiger partial charge is 0.257 e. The van der Waals surface area contributed by atoms with E-state index in [2.05, 4.69) is 10.3 Å². The second-order valence-corrected chi connectivity index (χ2v) is 6.70. The first-order chi connectivity index (χ1) is 11.5. The van der Waals surface area contributed by atoms with E-state index >= 15 is 0 Å². The molecule has 0 aliphatic rings. The van der Waals surface area contributed by atoms with Crippen molar-refractivity contribution in [3.63, 3.8) is 0 Å². The van der Waals surface area contributed by atoms with Gasteiger partial charge in [0.25, 0.3) is 5.91 Å². The minimum absolute atomic E-state index is 0.108. The number of hydrogen-bond acceptors (Lipinski definition) is 4. The Hall–Kier alpha value is -2.60. The van der Waals surface area contributed by atoms with Gasteiger partial charge in [0, 0.05) is 48.4 Å². The van der Waals surface area contributed by atoms with Gasteiger partial charge in [-0.2, -0.15) is 0 Å². The average molecular weight is 340 g/mol. The van der Waals surface area contributed by atoms with Crippen LogP contribution in [0.25, 0.3) is 5.13 Å². The van der Waals surface area contributed by atoms with Crippen molar-refractivity contribution < 1.29 is 4.79 Å². The van der Waals surface area contributed by atoms with Gasteiger partial charge in [0.1, 0.15) is 0 Å². The Labute approximate surface area is 145 Å². The summed E-state index contributed by atoms with van der Waals surface area (Å²) in [7, 11) is 3.97. The van der Waals surface area contributed by atoms with Gasteiger partial charge in [-0.05, 0) is 44.2 Å². The monoisotopic (exact) mass is 340 g/mol. The highest BCUT2D eigenvalue weighted by Gasteiger charge is 2.17. The maximum Gasteiger partial charge on any atom is 0.257 e. The second-order valence-electron chi connectivity index (χ2n) is 5.83. The highest BCUT2D eigenvalue weighted by atomic mass is 32.1. The summed E-state index contributed by atoms with van der Waals surface area (Å²) in [4.78, 5) is 19.0. The summed E-state index contributed by atoms with van der Waals surface area (Å²) in [6.45, 7) is 3.93. The maximum atomic E-state index is 12.6. The Morgan fingerprint density at radius 1 is 1.21 bits per heavy atom. The van der Waals surface area contributed by atoms with Crippen LogP contribution in [0.4, 0.5) is 11.4 Å². The molecule has 3 rings (SSSR count). The fraction of sp³-hybridized carbons (Fsp3) is 0.222. The van der Waals surface area contributed by atoms with Gasteiger partial charge in [0.15, 0.2) is 5.13 Å². The number of thiazole rings is 1. The summed E-state index contributed by atoms with van der Waals surface area (Å²) < 4.78 is 2.01. The topological polar surface area (TPSA) is 50.2 Å². The van der Waals surface area contributed by atoms with Crippen LogP contribution in [-0.2, 0) is 0 Å². The lowest BCUT2D eigenvalue weighted by atomic mass is 10.2. The number of nitrogens with zero attached hydrogens (tertiary/aromatic N) is 3. The number of aryl methyl sites for hydroxylation is 1. The van der Waals surface area contributed by atoms with Crippen molar-refractivity contribution in [2.45, 2.75) is 13.8 Å². The van der Waals surface area contributed by atoms with Crippen LogP contribution in [0.2, 0.25) is 0 Å². The predicted octanol–water partition coefficient (Wildman–Crippen LogP) is 3.87. The molecule has 1 aromatic carbocycles. The van der Waals surface area contributed by atoms with Crippen LogP contribution in [0.3, 0.4) is 0 Å². The van der Waals surface area contributed by atoms with Crippen LogP contribution in [0.1, 0.15) is 21.7 Å². The number of benzene rings is 1. The van der Waals surface area contributed by atoms with Gasteiger partial charge in [0.2, 0.25) is 0 Å². The molecule has 0 unspecified atom stereocenters. The summed E-state index contributed by atoms with van der Waals surface area (Å²) in [5.41, 5.74) is 4.43. The lowest BCUT2D eigenvalue weighted by Gasteiger charge is -2.13. The summed E-state index contributed by atoms with van der Waals surface area (Å²) in [5, 5.41) is 5.77. The van der Waals surface area contributed by atoms with Crippen molar-refractivity contribution in [2.75, 3.05) is 24.3 Å². The molecule has 3 aromatic rings. The molecule has 24 heavy (non-hydrogen) atoms. The van der Waals surface area contributed by atoms with Gasteiger partial charge in [-0.15, -0.1) is 11.3 Å². The SMILES string of the molecule is Cc1cc(C(=O)Nc2ccc(N(C)C)cc2)c(C)n1-c1nccs1. The van der Waals surface area contributed by atoms with Crippen molar-refractivity contribution in [3.8, 4) is 5.13 Å². The van der Waals surface area contributed by atoms with Gasteiger partial charge in [-0.3, -0.25) is 9.36 Å². The first-order valence-corrected chi connectivity index (χ1v) is 8.53. The standard InChI is InChI=1S/C18H20N4OS/c1-12-11-16(13(2)22(12)18-19-9-10-24-18)17(23)20-14-5-7-15(8-6-14)21(3)4/h5-11H,1-4H3,(H,20,23). The number of carbonyl (C=O) groups is 1. The molecular weight excluding hydrogens is 320 g/mol. The molecule has 0 atom stereocenters. The molecule has 124 valence electrons. The molecule has 6 heteroatoms. The highest BCUT2D eigenvalue weighted by Crippen LogP contribution is 2.23. The molecule has 0 fully saturated rings. The van der Waals surface area contributed by atoms with Crippen molar-refractivity contribution in [3.05, 3.63) is 58.9 Å². The molecule has 0 aliphatic carbocycles. The Morgan fingerprint density at radius 2 is 1.92 bits per heavy atom. The lowest BCUT2D eigenvalue weighted by molar-refractivity contribution is 0.102. The molecule has 0 radical (unpaired) electrons. The quantitative estimate of drug-likeness (QED) is 0.784. The average Bonchev–Trinajstić information content (AvgIpc) is 3.15. The number of hydrogen-bond donors (Lipinski definition) is 1. The number of amides is 1. The van der Waals surface area contributed by atoms with Crippen LogP contribution in [0, 0.1) is 13.8 Å². The number of aromatic nitrogens is 2. The molecule has 0 saturated carbocycles. The zero-order valence-electron chi connectivity index (χ0n) is 14.2. The zero-order valence-corrected chi connectivity index (χ0v) is 15.0. The van der Waals surface area contributed by atoms with Gasteiger partial charge in [0.05, 0.1) is 5.56 Å². The fourth-order valence-electron chi connectivity index (χ4n) is 2.65. The van der Waals surface area contributed by atoms with Crippen LogP contribution in [-0.4, -0.2) is 29.6 Å². The predicted molar refractivity (Wildman–Crippen MR) is 99.6 cm³/mol. The summed E-state index contributed by atoms with van der Waals surface area (Å²) in [6, 6.07) is 9.68. The third-order valence-electron chi connectivity index (χ3n) is 3.93. The van der Waals surface area contributed by atoms with Crippen molar-refractivity contribution in [1.29, 1.82) is 0 Å². The van der Waals surface area contributed by atoms with Gasteiger partial charge < -0.3 is 10.2 Å². The van der Waals surface area contributed by atoms with E-state index in [1.165, 1.54) is 0 Å². The molecule has 2 heterocycles. The Balaban J connectivity index is 1.84. The van der Waals surface area contributed by atoms with Gasteiger partial charge in [-0.25, -0.2) is 4.98 Å². The fourth-order valence-corrected chi connectivity index (χ4v) is 3.41. The molecular formula is C18H20N4OS. The minimum Gasteiger partial charge on any atom is -0.378 e. The molecule has 0 saturated heterocycles. The Bertz CT molecular complexity index is 848. The first-order valence-electron chi connectivity index (χ1n) is 7.65. The molecule has 5 nitrogen and oxygen atoms in total. The number of rotatable bonds is 4. The highest BCUT2D eigenvalue weighted by molar-refractivity contribution is 7.12. The number of anilines is 2. The van der Waals surface area contributed by atoms with E-state index in [1.807, 2.05) is 73.1 Å². The van der Waals surface area contributed by atoms with Crippen LogP contribution >= 0.6 is 11.3 Å². The molecule has 1 N–H and O–H groups in total. The maximum absolute atomic E-state index is 12.6. The first kappa shape index (κ1) is 16.3. The van der Waals surface area contributed by atoms with Crippen molar-refractivity contribution >= 4 is 28.6 Å². The summed E-state index contributed by atoms with van der Waals surface area (Å²) in [5.74, 6) is -0.108. The van der Waals surface area contributed by atoms with E-state index in [0.29, 0.717) is 5.56 Å². The van der Waals surface area contributed by atoms with E-state index in [-0.39, 0.29) is 5.91 Å². The van der Waals surface area contributed by atoms with Crippen molar-refractivity contribution in [2.24, 2.45) is 0 Å². The summed E-state index contributed by atoms with van der Waals surface area (Å²) >= 11 is 1.55. The largest absolute Gasteiger partial charge is 0.378 e.